The summed E-state index contributed by atoms with van der Waals surface area (Å²) in [5, 5.41) is 8.64. The molecule has 11 heavy (non-hydrogen) atoms. The maximum absolute atomic E-state index is 10.5. The highest BCUT2D eigenvalue weighted by Gasteiger charge is 2.10. The highest BCUT2D eigenvalue weighted by molar-refractivity contribution is 5.87. The quantitative estimate of drug-likeness (QED) is 0.677. The summed E-state index contributed by atoms with van der Waals surface area (Å²) in [6.07, 6.45) is 2.62. The summed E-state index contributed by atoms with van der Waals surface area (Å²) in [7, 11) is 0. The van der Waals surface area contributed by atoms with Gasteiger partial charge in [-0.3, -0.25) is 0 Å². The minimum Gasteiger partial charge on any atom is -0.477 e. The van der Waals surface area contributed by atoms with Gasteiger partial charge in [0.15, 0.2) is 0 Å². The zero-order chi connectivity index (χ0) is 8.43. The number of aromatic nitrogens is 1. The average molecular weight is 153 g/mol. The predicted molar refractivity (Wildman–Crippen MR) is 41.9 cm³/mol. The van der Waals surface area contributed by atoms with Gasteiger partial charge in [0.25, 0.3) is 0 Å². The number of hydrogen-bond acceptors (Lipinski definition) is 1. The van der Waals surface area contributed by atoms with Gasteiger partial charge in [0.2, 0.25) is 0 Å². The van der Waals surface area contributed by atoms with Gasteiger partial charge in [0, 0.05) is 6.20 Å². The third kappa shape index (κ3) is 1.27. The molecule has 3 heteroatoms. The van der Waals surface area contributed by atoms with Gasteiger partial charge in [0.05, 0.1) is 0 Å². The van der Waals surface area contributed by atoms with E-state index in [1.165, 1.54) is 0 Å². The van der Waals surface area contributed by atoms with Gasteiger partial charge in [-0.25, -0.2) is 4.79 Å². The van der Waals surface area contributed by atoms with Crippen LogP contribution in [0.1, 0.15) is 28.5 Å². The Balaban J connectivity index is 3.10. The maximum atomic E-state index is 10.5. The van der Waals surface area contributed by atoms with Crippen molar-refractivity contribution in [3.8, 4) is 0 Å². The molecule has 0 spiro atoms. The maximum Gasteiger partial charge on any atom is 0.352 e. The second kappa shape index (κ2) is 2.78. The van der Waals surface area contributed by atoms with Crippen LogP contribution in [0.3, 0.4) is 0 Å². The molecule has 0 unspecified atom stereocenters. The summed E-state index contributed by atoms with van der Waals surface area (Å²) < 4.78 is 0. The van der Waals surface area contributed by atoms with Crippen molar-refractivity contribution in [2.45, 2.75) is 20.3 Å². The number of carboxylic acids is 1. The van der Waals surface area contributed by atoms with E-state index in [1.807, 2.05) is 13.8 Å². The van der Waals surface area contributed by atoms with E-state index in [1.54, 1.807) is 6.20 Å². The standard InChI is InChI=1S/C8H11NO2/c1-3-6-4-9-7(5(6)2)8(10)11/h4,9H,3H2,1-2H3,(H,10,11). The van der Waals surface area contributed by atoms with E-state index in [0.717, 1.165) is 17.5 Å². The third-order valence-corrected chi connectivity index (χ3v) is 1.84. The summed E-state index contributed by atoms with van der Waals surface area (Å²) in [4.78, 5) is 13.2. The van der Waals surface area contributed by atoms with Gasteiger partial charge in [-0.1, -0.05) is 6.92 Å². The molecule has 0 saturated heterocycles. The molecule has 1 aromatic heterocycles. The van der Waals surface area contributed by atoms with Gasteiger partial charge >= 0.3 is 5.97 Å². The van der Waals surface area contributed by atoms with Crippen molar-refractivity contribution in [2.24, 2.45) is 0 Å². The molecule has 0 bridgehead atoms. The van der Waals surface area contributed by atoms with Crippen molar-refractivity contribution in [1.29, 1.82) is 0 Å². The van der Waals surface area contributed by atoms with Crippen LogP contribution in [0.25, 0.3) is 0 Å². The van der Waals surface area contributed by atoms with E-state index in [-0.39, 0.29) is 0 Å². The van der Waals surface area contributed by atoms with Crippen LogP contribution in [0.4, 0.5) is 0 Å². The summed E-state index contributed by atoms with van der Waals surface area (Å²) >= 11 is 0. The van der Waals surface area contributed by atoms with E-state index in [2.05, 4.69) is 4.98 Å². The summed E-state index contributed by atoms with van der Waals surface area (Å²) in [6, 6.07) is 0. The zero-order valence-electron chi connectivity index (χ0n) is 6.64. The lowest BCUT2D eigenvalue weighted by Crippen LogP contribution is -1.98. The minimum absolute atomic E-state index is 0.307. The van der Waals surface area contributed by atoms with Gasteiger partial charge in [-0.15, -0.1) is 0 Å². The van der Waals surface area contributed by atoms with Crippen molar-refractivity contribution < 1.29 is 9.90 Å². The van der Waals surface area contributed by atoms with Crippen LogP contribution in [-0.4, -0.2) is 16.1 Å². The smallest absolute Gasteiger partial charge is 0.352 e. The Kier molecular flexibility index (Phi) is 1.98. The first-order valence-corrected chi connectivity index (χ1v) is 3.57. The number of nitrogens with one attached hydrogen (secondary N) is 1. The lowest BCUT2D eigenvalue weighted by molar-refractivity contribution is 0.0690. The first-order valence-electron chi connectivity index (χ1n) is 3.57. The first kappa shape index (κ1) is 7.85. The molecular weight excluding hydrogens is 142 g/mol. The Morgan fingerprint density at radius 2 is 2.36 bits per heavy atom. The summed E-state index contributed by atoms with van der Waals surface area (Å²) in [5.41, 5.74) is 2.23. The number of H-pyrrole nitrogens is 1. The molecule has 60 valence electrons. The molecule has 0 aliphatic carbocycles. The second-order valence-electron chi connectivity index (χ2n) is 2.47. The number of carboxylic acid groups (broad SMARTS) is 1. The number of hydrogen-bond donors (Lipinski definition) is 2. The summed E-state index contributed by atoms with van der Waals surface area (Å²) in [5.74, 6) is -0.887. The molecule has 1 heterocycles. The molecule has 0 aliphatic rings. The molecule has 1 rings (SSSR count). The van der Waals surface area contributed by atoms with Crippen LogP contribution in [-0.2, 0) is 6.42 Å². The normalized spacial score (nSPS) is 10.0. The van der Waals surface area contributed by atoms with E-state index in [0.29, 0.717) is 5.69 Å². The van der Waals surface area contributed by atoms with E-state index in [4.69, 9.17) is 5.11 Å². The fourth-order valence-electron chi connectivity index (χ4n) is 1.13. The molecule has 0 saturated carbocycles. The fraction of sp³-hybridized carbons (Fsp3) is 0.375. The van der Waals surface area contributed by atoms with Gasteiger partial charge in [0.1, 0.15) is 5.69 Å². The van der Waals surface area contributed by atoms with Crippen LogP contribution < -0.4 is 0 Å². The highest BCUT2D eigenvalue weighted by Crippen LogP contribution is 2.12. The van der Waals surface area contributed by atoms with Crippen molar-refractivity contribution in [2.75, 3.05) is 0 Å². The molecule has 0 aliphatic heterocycles. The lowest BCUT2D eigenvalue weighted by Gasteiger charge is -1.93. The minimum atomic E-state index is -0.887. The van der Waals surface area contributed by atoms with Crippen molar-refractivity contribution in [3.05, 3.63) is 23.0 Å². The Bertz CT molecular complexity index is 276. The molecule has 0 radical (unpaired) electrons. The first-order chi connectivity index (χ1) is 5.16. The van der Waals surface area contributed by atoms with Crippen LogP contribution in [0.15, 0.2) is 6.20 Å². The second-order valence-corrected chi connectivity index (χ2v) is 2.47. The molecule has 2 N–H and O–H groups in total. The SMILES string of the molecule is CCc1c[nH]c(C(=O)O)c1C. The highest BCUT2D eigenvalue weighted by atomic mass is 16.4. The van der Waals surface area contributed by atoms with Gasteiger partial charge in [-0.2, -0.15) is 0 Å². The Hall–Kier alpha value is -1.25. The lowest BCUT2D eigenvalue weighted by atomic mass is 10.1. The number of rotatable bonds is 2. The average Bonchev–Trinajstić information content (AvgIpc) is 2.30. The van der Waals surface area contributed by atoms with Crippen molar-refractivity contribution in [1.82, 2.24) is 4.98 Å². The predicted octanol–water partition coefficient (Wildman–Crippen LogP) is 1.58. The largest absolute Gasteiger partial charge is 0.477 e. The molecule has 0 atom stereocenters. The van der Waals surface area contributed by atoms with Crippen molar-refractivity contribution in [3.63, 3.8) is 0 Å². The Morgan fingerprint density at radius 1 is 1.73 bits per heavy atom. The molecule has 0 amide bonds. The molecule has 0 fully saturated rings. The van der Waals surface area contributed by atoms with Crippen LogP contribution in [0.2, 0.25) is 0 Å². The number of aromatic amines is 1. The van der Waals surface area contributed by atoms with Crippen LogP contribution in [0.5, 0.6) is 0 Å². The summed E-state index contributed by atoms with van der Waals surface area (Å²) in [6.45, 7) is 3.82. The van der Waals surface area contributed by atoms with Crippen LogP contribution >= 0.6 is 0 Å². The number of aromatic carboxylic acids is 1. The van der Waals surface area contributed by atoms with Gasteiger partial charge < -0.3 is 10.1 Å². The third-order valence-electron chi connectivity index (χ3n) is 1.84. The van der Waals surface area contributed by atoms with Gasteiger partial charge in [-0.05, 0) is 24.5 Å². The Labute approximate surface area is 65.1 Å². The van der Waals surface area contributed by atoms with Crippen molar-refractivity contribution >= 4 is 5.97 Å². The van der Waals surface area contributed by atoms with E-state index < -0.39 is 5.97 Å². The molecule has 0 aromatic carbocycles. The Morgan fingerprint density at radius 3 is 2.64 bits per heavy atom. The monoisotopic (exact) mass is 153 g/mol. The number of aryl methyl sites for hydroxylation is 1. The van der Waals surface area contributed by atoms with E-state index in [9.17, 15) is 4.79 Å². The van der Waals surface area contributed by atoms with E-state index >= 15 is 0 Å². The zero-order valence-corrected chi connectivity index (χ0v) is 6.64. The molecule has 3 nitrogen and oxygen atoms in total. The fourth-order valence-corrected chi connectivity index (χ4v) is 1.13. The molecular formula is C8H11NO2. The topological polar surface area (TPSA) is 53.1 Å². The number of carbonyl (C=O) groups is 1. The molecule has 1 aromatic rings. The van der Waals surface area contributed by atoms with Crippen LogP contribution in [0, 0.1) is 6.92 Å².